The van der Waals surface area contributed by atoms with E-state index in [-0.39, 0.29) is 24.2 Å². The second kappa shape index (κ2) is 6.87. The molecule has 3 rings (SSSR count). The van der Waals surface area contributed by atoms with Gasteiger partial charge in [-0.25, -0.2) is 0 Å². The van der Waals surface area contributed by atoms with Crippen molar-refractivity contribution in [1.82, 2.24) is 0 Å². The molecule has 2 amide bonds. The lowest BCUT2D eigenvalue weighted by molar-refractivity contribution is -0.122. The van der Waals surface area contributed by atoms with E-state index >= 15 is 0 Å². The highest BCUT2D eigenvalue weighted by Gasteiger charge is 2.35. The van der Waals surface area contributed by atoms with Gasteiger partial charge in [0.15, 0.2) is 0 Å². The number of rotatable bonds is 4. The van der Waals surface area contributed by atoms with Crippen molar-refractivity contribution in [2.75, 3.05) is 23.0 Å². The highest BCUT2D eigenvalue weighted by atomic mass is 32.2. The van der Waals surface area contributed by atoms with Gasteiger partial charge in [-0.15, -0.1) is 11.8 Å². The van der Waals surface area contributed by atoms with Gasteiger partial charge in [-0.3, -0.25) is 9.59 Å². The van der Waals surface area contributed by atoms with Crippen molar-refractivity contribution < 1.29 is 9.59 Å². The van der Waals surface area contributed by atoms with Crippen LogP contribution in [0.1, 0.15) is 6.42 Å². The average Bonchev–Trinajstić information content (AvgIpc) is 2.98. The molecule has 118 valence electrons. The Kier molecular flexibility index (Phi) is 4.67. The van der Waals surface area contributed by atoms with Gasteiger partial charge in [-0.1, -0.05) is 18.2 Å². The Bertz CT molecular complexity index is 701. The van der Waals surface area contributed by atoms with E-state index in [4.69, 9.17) is 0 Å². The van der Waals surface area contributed by atoms with Gasteiger partial charge in [0.2, 0.25) is 11.8 Å². The average molecular weight is 326 g/mol. The number of anilines is 2. The fourth-order valence-electron chi connectivity index (χ4n) is 2.66. The summed E-state index contributed by atoms with van der Waals surface area (Å²) < 4.78 is 0. The van der Waals surface area contributed by atoms with E-state index in [1.54, 1.807) is 16.7 Å². The number of amides is 2. The molecular weight excluding hydrogens is 308 g/mol. The third-order valence-corrected chi connectivity index (χ3v) is 4.66. The van der Waals surface area contributed by atoms with E-state index in [0.29, 0.717) is 6.54 Å². The number of nitrogens with one attached hydrogen (secondary N) is 1. The van der Waals surface area contributed by atoms with Crippen molar-refractivity contribution in [3.05, 3.63) is 54.6 Å². The molecule has 0 bridgehead atoms. The van der Waals surface area contributed by atoms with Crippen LogP contribution in [0.4, 0.5) is 11.4 Å². The molecule has 1 heterocycles. The Morgan fingerprint density at radius 3 is 2.48 bits per heavy atom. The molecule has 0 radical (unpaired) electrons. The van der Waals surface area contributed by atoms with Gasteiger partial charge in [-0.05, 0) is 42.7 Å². The third-order valence-electron chi connectivity index (χ3n) is 3.92. The van der Waals surface area contributed by atoms with Crippen LogP contribution in [0.15, 0.2) is 59.5 Å². The maximum Gasteiger partial charge on any atom is 0.229 e. The molecule has 0 spiro atoms. The quantitative estimate of drug-likeness (QED) is 0.876. The summed E-state index contributed by atoms with van der Waals surface area (Å²) in [5.41, 5.74) is 1.61. The first-order chi connectivity index (χ1) is 11.2. The van der Waals surface area contributed by atoms with Crippen LogP contribution in [0.5, 0.6) is 0 Å². The van der Waals surface area contributed by atoms with Crippen molar-refractivity contribution >= 4 is 35.0 Å². The summed E-state index contributed by atoms with van der Waals surface area (Å²) in [5.74, 6) is -0.425. The maximum absolute atomic E-state index is 12.3. The Labute approximate surface area is 139 Å². The normalized spacial score (nSPS) is 17.3. The Hall–Kier alpha value is -2.27. The van der Waals surface area contributed by atoms with Crippen LogP contribution in [0.25, 0.3) is 0 Å². The lowest BCUT2D eigenvalue weighted by Crippen LogP contribution is -2.28. The first-order valence-corrected chi connectivity index (χ1v) is 8.70. The number of benzene rings is 2. The summed E-state index contributed by atoms with van der Waals surface area (Å²) in [6, 6.07) is 17.2. The Morgan fingerprint density at radius 1 is 1.13 bits per heavy atom. The summed E-state index contributed by atoms with van der Waals surface area (Å²) >= 11 is 1.66. The summed E-state index contributed by atoms with van der Waals surface area (Å²) in [6.45, 7) is 0.427. The van der Waals surface area contributed by atoms with Gasteiger partial charge in [0.1, 0.15) is 0 Å². The van der Waals surface area contributed by atoms with Crippen LogP contribution >= 0.6 is 11.8 Å². The number of carbonyl (C=O) groups excluding carboxylic acids is 2. The van der Waals surface area contributed by atoms with E-state index in [9.17, 15) is 9.59 Å². The fraction of sp³-hybridized carbons (Fsp3) is 0.222. The van der Waals surface area contributed by atoms with E-state index in [2.05, 4.69) is 5.32 Å². The van der Waals surface area contributed by atoms with E-state index in [0.717, 1.165) is 16.3 Å². The molecule has 0 unspecified atom stereocenters. The minimum atomic E-state index is -0.317. The molecule has 23 heavy (non-hydrogen) atoms. The minimum absolute atomic E-state index is 0.00452. The highest BCUT2D eigenvalue weighted by molar-refractivity contribution is 7.98. The molecule has 1 saturated heterocycles. The lowest BCUT2D eigenvalue weighted by Gasteiger charge is -2.17. The standard InChI is InChI=1S/C18H18N2O2S/c1-23-16-9-7-15(8-10-16)20-12-13(11-17(20)21)18(22)19-14-5-3-2-4-6-14/h2-10,13H,11-12H2,1H3,(H,19,22)/t13-/m0/s1. The fourth-order valence-corrected chi connectivity index (χ4v) is 3.07. The van der Waals surface area contributed by atoms with Crippen molar-refractivity contribution in [3.63, 3.8) is 0 Å². The minimum Gasteiger partial charge on any atom is -0.326 e. The highest BCUT2D eigenvalue weighted by Crippen LogP contribution is 2.27. The van der Waals surface area contributed by atoms with Crippen molar-refractivity contribution in [1.29, 1.82) is 0 Å². The smallest absolute Gasteiger partial charge is 0.229 e. The topological polar surface area (TPSA) is 49.4 Å². The molecule has 5 heteroatoms. The van der Waals surface area contributed by atoms with E-state index in [1.807, 2.05) is 60.9 Å². The number of hydrogen-bond acceptors (Lipinski definition) is 3. The zero-order chi connectivity index (χ0) is 16.2. The van der Waals surface area contributed by atoms with Crippen LogP contribution in [-0.2, 0) is 9.59 Å². The molecule has 2 aromatic carbocycles. The molecule has 0 aliphatic carbocycles. The third kappa shape index (κ3) is 3.56. The lowest BCUT2D eigenvalue weighted by atomic mass is 10.1. The zero-order valence-electron chi connectivity index (χ0n) is 12.9. The molecule has 0 aromatic heterocycles. The Balaban J connectivity index is 1.67. The number of nitrogens with zero attached hydrogens (tertiary/aromatic N) is 1. The number of carbonyl (C=O) groups is 2. The summed E-state index contributed by atoms with van der Waals surface area (Å²) in [5, 5.41) is 2.87. The van der Waals surface area contributed by atoms with E-state index in [1.165, 1.54) is 0 Å². The summed E-state index contributed by atoms with van der Waals surface area (Å²) in [4.78, 5) is 27.4. The first-order valence-electron chi connectivity index (χ1n) is 7.47. The van der Waals surface area contributed by atoms with E-state index < -0.39 is 0 Å². The van der Waals surface area contributed by atoms with Crippen LogP contribution in [0.3, 0.4) is 0 Å². The van der Waals surface area contributed by atoms with Gasteiger partial charge < -0.3 is 10.2 Å². The molecule has 4 nitrogen and oxygen atoms in total. The zero-order valence-corrected chi connectivity index (χ0v) is 13.7. The van der Waals surface area contributed by atoms with Crippen LogP contribution in [0.2, 0.25) is 0 Å². The molecular formula is C18H18N2O2S. The van der Waals surface area contributed by atoms with Gasteiger partial charge in [0.25, 0.3) is 0 Å². The number of para-hydroxylation sites is 1. The monoisotopic (exact) mass is 326 g/mol. The van der Waals surface area contributed by atoms with Crippen molar-refractivity contribution in [2.45, 2.75) is 11.3 Å². The van der Waals surface area contributed by atoms with Gasteiger partial charge >= 0.3 is 0 Å². The number of thioether (sulfide) groups is 1. The maximum atomic E-state index is 12.3. The van der Waals surface area contributed by atoms with Gasteiger partial charge in [0, 0.05) is 29.2 Å². The predicted molar refractivity (Wildman–Crippen MR) is 93.8 cm³/mol. The van der Waals surface area contributed by atoms with Gasteiger partial charge in [-0.2, -0.15) is 0 Å². The molecule has 1 aliphatic rings. The Morgan fingerprint density at radius 2 is 1.83 bits per heavy atom. The largest absolute Gasteiger partial charge is 0.326 e. The summed E-state index contributed by atoms with van der Waals surface area (Å²) in [7, 11) is 0. The van der Waals surface area contributed by atoms with Crippen LogP contribution in [-0.4, -0.2) is 24.6 Å². The molecule has 1 fully saturated rings. The van der Waals surface area contributed by atoms with Crippen molar-refractivity contribution in [2.24, 2.45) is 5.92 Å². The van der Waals surface area contributed by atoms with Crippen LogP contribution < -0.4 is 10.2 Å². The molecule has 2 aromatic rings. The van der Waals surface area contributed by atoms with Crippen molar-refractivity contribution in [3.8, 4) is 0 Å². The molecule has 0 saturated carbocycles. The van der Waals surface area contributed by atoms with Crippen LogP contribution in [0, 0.1) is 5.92 Å². The molecule has 1 atom stereocenters. The number of hydrogen-bond donors (Lipinski definition) is 1. The van der Waals surface area contributed by atoms with Gasteiger partial charge in [0.05, 0.1) is 5.92 Å². The second-order valence-corrected chi connectivity index (χ2v) is 6.34. The predicted octanol–water partition coefficient (Wildman–Crippen LogP) is 3.40. The second-order valence-electron chi connectivity index (χ2n) is 5.46. The summed E-state index contributed by atoms with van der Waals surface area (Å²) in [6.07, 6.45) is 2.27. The molecule has 1 N–H and O–H groups in total. The SMILES string of the molecule is CSc1ccc(N2C[C@@H](C(=O)Nc3ccccc3)CC2=O)cc1. The first kappa shape index (κ1) is 15.6. The molecule has 1 aliphatic heterocycles.